The highest BCUT2D eigenvalue weighted by Crippen LogP contribution is 2.30. The molecule has 0 fully saturated rings. The van der Waals surface area contributed by atoms with E-state index in [-0.39, 0.29) is 25.3 Å². The van der Waals surface area contributed by atoms with Crippen molar-refractivity contribution in [1.82, 2.24) is 15.2 Å². The highest BCUT2D eigenvalue weighted by molar-refractivity contribution is 7.21. The number of rotatable bonds is 10. The zero-order valence-corrected chi connectivity index (χ0v) is 19.3. The molecule has 1 atom stereocenters. The molecule has 1 aromatic heterocycles. The van der Waals surface area contributed by atoms with Crippen molar-refractivity contribution >= 4 is 39.5 Å². The first-order chi connectivity index (χ1) is 15.7. The molecule has 0 aliphatic heterocycles. The molecule has 1 heterocycles. The first-order valence-corrected chi connectivity index (χ1v) is 11.5. The monoisotopic (exact) mass is 469 g/mol. The number of hydrogen-bond donors (Lipinski definition) is 3. The fraction of sp³-hybridized carbons (Fsp3) is 0.333. The third-order valence-electron chi connectivity index (χ3n) is 5.00. The van der Waals surface area contributed by atoms with Crippen LogP contribution in [-0.4, -0.2) is 57.2 Å². The van der Waals surface area contributed by atoms with Gasteiger partial charge in [-0.15, -0.1) is 11.3 Å². The maximum absolute atomic E-state index is 12.7. The van der Waals surface area contributed by atoms with Gasteiger partial charge in [0.2, 0.25) is 0 Å². The van der Waals surface area contributed by atoms with Crippen LogP contribution in [0.3, 0.4) is 0 Å². The number of benzene rings is 2. The van der Waals surface area contributed by atoms with Gasteiger partial charge >= 0.3 is 18.0 Å². The van der Waals surface area contributed by atoms with Crippen LogP contribution >= 0.6 is 11.3 Å². The minimum atomic E-state index is -1.15. The minimum absolute atomic E-state index is 0.0164. The number of nitrogens with zero attached hydrogens (tertiary/aromatic N) is 2. The van der Waals surface area contributed by atoms with Gasteiger partial charge in [0, 0.05) is 25.1 Å². The van der Waals surface area contributed by atoms with E-state index in [2.05, 4.69) is 10.3 Å². The van der Waals surface area contributed by atoms with Crippen molar-refractivity contribution in [3.05, 3.63) is 54.1 Å². The molecule has 0 spiro atoms. The van der Waals surface area contributed by atoms with Crippen molar-refractivity contribution in [2.75, 3.05) is 13.1 Å². The summed E-state index contributed by atoms with van der Waals surface area (Å²) in [5.41, 5.74) is 2.63. The van der Waals surface area contributed by atoms with Crippen LogP contribution in [0.25, 0.3) is 20.8 Å². The zero-order chi connectivity index (χ0) is 24.0. The third kappa shape index (κ3) is 6.76. The summed E-state index contributed by atoms with van der Waals surface area (Å²) >= 11 is 1.59. The number of amides is 2. The van der Waals surface area contributed by atoms with E-state index in [9.17, 15) is 19.5 Å². The first kappa shape index (κ1) is 24.2. The number of nitrogens with one attached hydrogen (secondary N) is 1. The summed E-state index contributed by atoms with van der Waals surface area (Å²) in [6, 6.07) is 13.6. The quantitative estimate of drug-likeness (QED) is 0.411. The summed E-state index contributed by atoms with van der Waals surface area (Å²) in [7, 11) is 0. The largest absolute Gasteiger partial charge is 0.481 e. The molecule has 8 nitrogen and oxygen atoms in total. The summed E-state index contributed by atoms with van der Waals surface area (Å²) in [6.07, 6.45) is -0.0965. The average Bonchev–Trinajstić information content (AvgIpc) is 3.20. The number of carboxylic acids is 2. The Kier molecular flexibility index (Phi) is 8.00. The SMILES string of the molecule is CC(C)CN(CCC(=O)O)C(=O)N[C@@H](Cc1ccc(-c2nc3ccccc3s2)cc1)C(=O)O. The fourth-order valence-electron chi connectivity index (χ4n) is 3.40. The predicted octanol–water partition coefficient (Wildman–Crippen LogP) is 4.10. The van der Waals surface area contributed by atoms with Crippen molar-refractivity contribution < 1.29 is 24.6 Å². The van der Waals surface area contributed by atoms with E-state index in [1.165, 1.54) is 4.90 Å². The van der Waals surface area contributed by atoms with Crippen LogP contribution in [0.1, 0.15) is 25.8 Å². The third-order valence-corrected chi connectivity index (χ3v) is 6.08. The number of urea groups is 1. The van der Waals surface area contributed by atoms with Gasteiger partial charge in [-0.3, -0.25) is 4.79 Å². The maximum Gasteiger partial charge on any atom is 0.326 e. The van der Waals surface area contributed by atoms with Crippen LogP contribution in [0.2, 0.25) is 0 Å². The van der Waals surface area contributed by atoms with Crippen LogP contribution in [0.5, 0.6) is 0 Å². The predicted molar refractivity (Wildman–Crippen MR) is 127 cm³/mol. The first-order valence-electron chi connectivity index (χ1n) is 10.7. The molecule has 33 heavy (non-hydrogen) atoms. The Bertz CT molecular complexity index is 1090. The van der Waals surface area contributed by atoms with Crippen molar-refractivity contribution in [3.8, 4) is 10.6 Å². The lowest BCUT2D eigenvalue weighted by Crippen LogP contribution is -2.50. The highest BCUT2D eigenvalue weighted by atomic mass is 32.1. The molecule has 3 N–H and O–H groups in total. The number of carbonyl (C=O) groups excluding carboxylic acids is 1. The smallest absolute Gasteiger partial charge is 0.326 e. The normalized spacial score (nSPS) is 12.0. The molecule has 0 aliphatic carbocycles. The van der Waals surface area contributed by atoms with Gasteiger partial charge in [0.05, 0.1) is 16.6 Å². The maximum atomic E-state index is 12.7. The van der Waals surface area contributed by atoms with E-state index in [0.717, 1.165) is 26.4 Å². The van der Waals surface area contributed by atoms with Gasteiger partial charge in [-0.2, -0.15) is 0 Å². The molecule has 174 valence electrons. The average molecular weight is 470 g/mol. The summed E-state index contributed by atoms with van der Waals surface area (Å²) in [4.78, 5) is 41.4. The second-order valence-electron chi connectivity index (χ2n) is 8.21. The van der Waals surface area contributed by atoms with Crippen LogP contribution in [-0.2, 0) is 16.0 Å². The molecule has 0 unspecified atom stereocenters. The van der Waals surface area contributed by atoms with Crippen molar-refractivity contribution in [3.63, 3.8) is 0 Å². The van der Waals surface area contributed by atoms with E-state index < -0.39 is 24.0 Å². The molecule has 2 aromatic carbocycles. The number of aromatic nitrogens is 1. The Labute approximate surface area is 195 Å². The topological polar surface area (TPSA) is 120 Å². The number of carboxylic acid groups (broad SMARTS) is 2. The number of thiazole rings is 1. The number of hydrogen-bond acceptors (Lipinski definition) is 5. The van der Waals surface area contributed by atoms with Crippen LogP contribution < -0.4 is 5.32 Å². The van der Waals surface area contributed by atoms with Gasteiger partial charge in [0.25, 0.3) is 0 Å². The standard InChI is InChI=1S/C24H27N3O5S/c1-15(2)14-27(12-11-21(28)29)24(32)26-19(23(30)31)13-16-7-9-17(10-8-16)22-25-18-5-3-4-6-20(18)33-22/h3-10,15,19H,11-14H2,1-2H3,(H,26,32)(H,28,29)(H,30,31)/t19-/m0/s1. The Hall–Kier alpha value is -3.46. The molecular weight excluding hydrogens is 442 g/mol. The van der Waals surface area contributed by atoms with Crippen molar-refractivity contribution in [2.24, 2.45) is 5.92 Å². The van der Waals surface area contributed by atoms with Gasteiger partial charge in [0.15, 0.2) is 0 Å². The number of fused-ring (bicyclic) bond motifs is 1. The lowest BCUT2D eigenvalue weighted by atomic mass is 10.0. The lowest BCUT2D eigenvalue weighted by Gasteiger charge is -2.26. The molecule has 0 radical (unpaired) electrons. The van der Waals surface area contributed by atoms with Gasteiger partial charge in [0.1, 0.15) is 11.0 Å². The number of para-hydroxylation sites is 1. The number of carbonyl (C=O) groups is 3. The van der Waals surface area contributed by atoms with E-state index in [4.69, 9.17) is 5.11 Å². The van der Waals surface area contributed by atoms with Crippen molar-refractivity contribution in [2.45, 2.75) is 32.7 Å². The summed E-state index contributed by atoms with van der Waals surface area (Å²) < 4.78 is 1.10. The Morgan fingerprint density at radius 1 is 1.06 bits per heavy atom. The fourth-order valence-corrected chi connectivity index (χ4v) is 4.37. The van der Waals surface area contributed by atoms with Crippen LogP contribution in [0.15, 0.2) is 48.5 Å². The summed E-state index contributed by atoms with van der Waals surface area (Å²) in [5, 5.41) is 22.0. The van der Waals surface area contributed by atoms with Gasteiger partial charge in [-0.25, -0.2) is 14.6 Å². The molecule has 3 aromatic rings. The van der Waals surface area contributed by atoms with Gasteiger partial charge in [-0.05, 0) is 23.6 Å². The minimum Gasteiger partial charge on any atom is -0.481 e. The molecular formula is C24H27N3O5S. The highest BCUT2D eigenvalue weighted by Gasteiger charge is 2.24. The van der Waals surface area contributed by atoms with Crippen LogP contribution in [0.4, 0.5) is 4.79 Å². The zero-order valence-electron chi connectivity index (χ0n) is 18.5. The number of aliphatic carboxylic acids is 2. The molecule has 2 amide bonds. The molecule has 3 rings (SSSR count). The molecule has 9 heteroatoms. The molecule has 0 aliphatic rings. The van der Waals surface area contributed by atoms with E-state index in [1.54, 1.807) is 11.3 Å². The van der Waals surface area contributed by atoms with Crippen molar-refractivity contribution in [1.29, 1.82) is 0 Å². The van der Waals surface area contributed by atoms with Crippen LogP contribution in [0, 0.1) is 5.92 Å². The summed E-state index contributed by atoms with van der Waals surface area (Å²) in [6.45, 7) is 4.16. The Balaban J connectivity index is 1.68. The second kappa shape index (κ2) is 10.9. The molecule has 0 saturated heterocycles. The van der Waals surface area contributed by atoms with Gasteiger partial charge < -0.3 is 20.4 Å². The molecule has 0 saturated carbocycles. The van der Waals surface area contributed by atoms with E-state index >= 15 is 0 Å². The lowest BCUT2D eigenvalue weighted by molar-refractivity contribution is -0.139. The van der Waals surface area contributed by atoms with E-state index in [1.807, 2.05) is 62.4 Å². The Morgan fingerprint density at radius 3 is 2.36 bits per heavy atom. The van der Waals surface area contributed by atoms with Gasteiger partial charge in [-0.1, -0.05) is 50.2 Å². The summed E-state index contributed by atoms with van der Waals surface area (Å²) in [5.74, 6) is -2.05. The second-order valence-corrected chi connectivity index (χ2v) is 9.24. The Morgan fingerprint density at radius 2 is 1.76 bits per heavy atom. The molecule has 0 bridgehead atoms. The van der Waals surface area contributed by atoms with E-state index in [0.29, 0.717) is 6.54 Å².